The molecule has 0 saturated carbocycles. The van der Waals surface area contributed by atoms with E-state index in [2.05, 4.69) is 179 Å². The molecule has 210 valence electrons. The molecule has 0 bridgehead atoms. The van der Waals surface area contributed by atoms with Crippen LogP contribution in [0.5, 0.6) is 0 Å². The van der Waals surface area contributed by atoms with Gasteiger partial charge in [-0.1, -0.05) is 133 Å². The molecule has 0 saturated heterocycles. The van der Waals surface area contributed by atoms with Gasteiger partial charge in [-0.15, -0.1) is 0 Å². The molecule has 0 radical (unpaired) electrons. The number of benzene rings is 7. The molecule has 0 spiro atoms. The second-order valence-corrected chi connectivity index (χ2v) is 12.1. The molecule has 0 fully saturated rings. The van der Waals surface area contributed by atoms with Gasteiger partial charge in [0, 0.05) is 27.2 Å². The van der Waals surface area contributed by atoms with Crippen molar-refractivity contribution in [2.24, 2.45) is 0 Å². The fourth-order valence-electron chi connectivity index (χ4n) is 8.24. The van der Waals surface area contributed by atoms with Gasteiger partial charge >= 0.3 is 0 Å². The number of para-hydroxylation sites is 4. The van der Waals surface area contributed by atoms with Crippen LogP contribution in [0.15, 0.2) is 170 Å². The van der Waals surface area contributed by atoms with Crippen molar-refractivity contribution in [2.45, 2.75) is 5.41 Å². The van der Waals surface area contributed by atoms with Crippen LogP contribution in [0, 0.1) is 0 Å². The lowest BCUT2D eigenvalue weighted by Gasteiger charge is -2.42. The van der Waals surface area contributed by atoms with Crippen LogP contribution in [-0.2, 0) is 5.41 Å². The molecular weight excluding hydrogens is 544 g/mol. The van der Waals surface area contributed by atoms with E-state index in [1.54, 1.807) is 0 Å². The zero-order chi connectivity index (χ0) is 29.5. The number of rotatable bonds is 3. The van der Waals surface area contributed by atoms with Crippen molar-refractivity contribution in [1.82, 2.24) is 9.13 Å². The minimum absolute atomic E-state index is 0.531. The van der Waals surface area contributed by atoms with Crippen molar-refractivity contribution >= 4 is 43.6 Å². The first-order valence-corrected chi connectivity index (χ1v) is 15.6. The average Bonchev–Trinajstić information content (AvgIpc) is 3.63. The average molecular weight is 573 g/mol. The van der Waals surface area contributed by atoms with Crippen LogP contribution in [0.1, 0.15) is 22.3 Å². The molecule has 10 rings (SSSR count). The molecule has 7 aromatic carbocycles. The summed E-state index contributed by atoms with van der Waals surface area (Å²) in [5.41, 5.74) is 11.9. The summed E-state index contributed by atoms with van der Waals surface area (Å²) in [5.74, 6) is 0. The van der Waals surface area contributed by atoms with Gasteiger partial charge in [0.05, 0.1) is 33.2 Å². The van der Waals surface area contributed by atoms with E-state index in [9.17, 15) is 0 Å². The Balaban J connectivity index is 1.42. The van der Waals surface area contributed by atoms with Gasteiger partial charge in [0.25, 0.3) is 0 Å². The van der Waals surface area contributed by atoms with E-state index in [1.807, 2.05) is 0 Å². The van der Waals surface area contributed by atoms with Gasteiger partial charge < -0.3 is 9.13 Å². The van der Waals surface area contributed by atoms with Crippen LogP contribution in [0.3, 0.4) is 0 Å². The third kappa shape index (κ3) is 3.13. The van der Waals surface area contributed by atoms with Gasteiger partial charge in [-0.05, 0) is 58.7 Å². The van der Waals surface area contributed by atoms with Gasteiger partial charge in [-0.3, -0.25) is 0 Å². The van der Waals surface area contributed by atoms with Crippen LogP contribution in [0.2, 0.25) is 0 Å². The maximum Gasteiger partial charge on any atom is 0.0743 e. The Labute approximate surface area is 261 Å². The molecule has 2 nitrogen and oxygen atoms in total. The standard InChI is InChI=1S/C43H28N2/c1-3-14-29(15-4-1)43(30-16-5-2-6-17-30)36-22-13-21-35-34-20-9-12-25-40(34)45(42(35)36)41-27-26-31(28-37(41)43)44-38-23-10-7-18-32(38)33-19-8-11-24-39(33)44/h1-28H. The summed E-state index contributed by atoms with van der Waals surface area (Å²) in [6.45, 7) is 0. The number of nitrogens with zero attached hydrogens (tertiary/aromatic N) is 2. The fraction of sp³-hybridized carbons (Fsp3) is 0.0233. The van der Waals surface area contributed by atoms with E-state index in [0.717, 1.165) is 5.69 Å². The Morgan fingerprint density at radius 2 is 0.844 bits per heavy atom. The van der Waals surface area contributed by atoms with Crippen molar-refractivity contribution in [1.29, 1.82) is 0 Å². The second-order valence-electron chi connectivity index (χ2n) is 12.1. The summed E-state index contributed by atoms with van der Waals surface area (Å²) < 4.78 is 4.95. The predicted octanol–water partition coefficient (Wildman–Crippen LogP) is 10.6. The zero-order valence-electron chi connectivity index (χ0n) is 24.6. The van der Waals surface area contributed by atoms with E-state index in [4.69, 9.17) is 0 Å². The predicted molar refractivity (Wildman–Crippen MR) is 187 cm³/mol. The Hall–Kier alpha value is -5.86. The zero-order valence-corrected chi connectivity index (χ0v) is 24.6. The number of fused-ring (bicyclic) bond motifs is 8. The lowest BCUT2D eigenvalue weighted by molar-refractivity contribution is 0.727. The summed E-state index contributed by atoms with van der Waals surface area (Å²) in [5, 5.41) is 5.11. The Bertz CT molecular complexity index is 2490. The van der Waals surface area contributed by atoms with Crippen molar-refractivity contribution in [3.05, 3.63) is 192 Å². The highest BCUT2D eigenvalue weighted by molar-refractivity contribution is 6.12. The monoisotopic (exact) mass is 572 g/mol. The summed E-state index contributed by atoms with van der Waals surface area (Å²) in [7, 11) is 0. The first-order valence-electron chi connectivity index (χ1n) is 15.6. The van der Waals surface area contributed by atoms with Crippen LogP contribution in [0.4, 0.5) is 0 Å². The van der Waals surface area contributed by atoms with Crippen LogP contribution >= 0.6 is 0 Å². The lowest BCUT2D eigenvalue weighted by Crippen LogP contribution is -2.35. The topological polar surface area (TPSA) is 9.86 Å². The first-order chi connectivity index (χ1) is 22.4. The van der Waals surface area contributed by atoms with E-state index in [-0.39, 0.29) is 0 Å². The molecule has 9 aromatic rings. The summed E-state index contributed by atoms with van der Waals surface area (Å²) in [6.07, 6.45) is 0. The third-order valence-electron chi connectivity index (χ3n) is 9.98. The van der Waals surface area contributed by atoms with Gasteiger partial charge in [-0.25, -0.2) is 0 Å². The maximum atomic E-state index is 2.51. The van der Waals surface area contributed by atoms with Gasteiger partial charge in [-0.2, -0.15) is 0 Å². The Morgan fingerprint density at radius 1 is 0.356 bits per heavy atom. The molecule has 2 aromatic heterocycles. The smallest absolute Gasteiger partial charge is 0.0743 e. The minimum Gasteiger partial charge on any atom is -0.309 e. The Morgan fingerprint density at radius 3 is 1.44 bits per heavy atom. The van der Waals surface area contributed by atoms with Gasteiger partial charge in [0.1, 0.15) is 0 Å². The van der Waals surface area contributed by atoms with Gasteiger partial charge in [0.15, 0.2) is 0 Å². The fourth-order valence-corrected chi connectivity index (χ4v) is 8.24. The quantitative estimate of drug-likeness (QED) is 0.199. The third-order valence-corrected chi connectivity index (χ3v) is 9.98. The van der Waals surface area contributed by atoms with E-state index in [1.165, 1.54) is 71.6 Å². The highest BCUT2D eigenvalue weighted by Crippen LogP contribution is 2.54. The number of hydrogen-bond acceptors (Lipinski definition) is 0. The molecule has 0 aliphatic carbocycles. The molecule has 0 amide bonds. The molecule has 0 unspecified atom stereocenters. The van der Waals surface area contributed by atoms with Crippen LogP contribution in [-0.4, -0.2) is 9.13 Å². The van der Waals surface area contributed by atoms with Crippen molar-refractivity contribution in [2.75, 3.05) is 0 Å². The van der Waals surface area contributed by atoms with Crippen molar-refractivity contribution in [3.8, 4) is 11.4 Å². The molecule has 45 heavy (non-hydrogen) atoms. The first kappa shape index (κ1) is 24.6. The highest BCUT2D eigenvalue weighted by Gasteiger charge is 2.45. The van der Waals surface area contributed by atoms with Gasteiger partial charge in [0.2, 0.25) is 0 Å². The maximum absolute atomic E-state index is 2.51. The molecule has 2 heteroatoms. The minimum atomic E-state index is -0.531. The normalized spacial score (nSPS) is 13.5. The van der Waals surface area contributed by atoms with E-state index >= 15 is 0 Å². The molecule has 1 aliphatic rings. The molecule has 1 aliphatic heterocycles. The largest absolute Gasteiger partial charge is 0.309 e. The summed E-state index contributed by atoms with van der Waals surface area (Å²) >= 11 is 0. The van der Waals surface area contributed by atoms with E-state index in [0.29, 0.717) is 0 Å². The van der Waals surface area contributed by atoms with Crippen LogP contribution in [0.25, 0.3) is 55.0 Å². The summed E-state index contributed by atoms with van der Waals surface area (Å²) in [6, 6.07) is 62.6. The molecule has 0 atom stereocenters. The molecular formula is C43H28N2. The number of hydrogen-bond donors (Lipinski definition) is 0. The van der Waals surface area contributed by atoms with Crippen molar-refractivity contribution < 1.29 is 0 Å². The number of aromatic nitrogens is 2. The van der Waals surface area contributed by atoms with Crippen molar-refractivity contribution in [3.63, 3.8) is 0 Å². The molecule has 0 N–H and O–H groups in total. The van der Waals surface area contributed by atoms with E-state index < -0.39 is 5.41 Å². The Kier molecular flexibility index (Phi) is 4.95. The second kappa shape index (κ2) is 9.07. The summed E-state index contributed by atoms with van der Waals surface area (Å²) in [4.78, 5) is 0. The lowest BCUT2D eigenvalue weighted by atomic mass is 9.63. The van der Waals surface area contributed by atoms with Crippen LogP contribution < -0.4 is 0 Å². The molecule has 3 heterocycles. The SMILES string of the molecule is c1ccc(C2(c3ccccc3)c3cc(-n4c5ccccc5c5ccccc54)ccc3-n3c4ccccc4c4cccc2c43)cc1. The highest BCUT2D eigenvalue weighted by atomic mass is 15.0.